The van der Waals surface area contributed by atoms with Gasteiger partial charge >= 0.3 is 0 Å². The molecule has 266 valence electrons. The van der Waals surface area contributed by atoms with Crippen LogP contribution in [0.5, 0.6) is 23.0 Å². The van der Waals surface area contributed by atoms with E-state index in [1.165, 1.54) is 22.3 Å². The molecule has 5 nitrogen and oxygen atoms in total. The average molecular weight is 696 g/mol. The van der Waals surface area contributed by atoms with Gasteiger partial charge in [-0.15, -0.1) is 0 Å². The summed E-state index contributed by atoms with van der Waals surface area (Å²) in [6.45, 7) is 9.69. The molecule has 6 heteroatoms. The van der Waals surface area contributed by atoms with Crippen LogP contribution in [0.1, 0.15) is 74.8 Å². The number of anilines is 1. The second-order valence-electron chi connectivity index (χ2n) is 16.8. The Morgan fingerprint density at radius 3 is 2.00 bits per heavy atom. The van der Waals surface area contributed by atoms with Crippen LogP contribution >= 0.6 is 0 Å². The summed E-state index contributed by atoms with van der Waals surface area (Å²) in [7, 11) is 5.18. The minimum atomic E-state index is -1.23. The van der Waals surface area contributed by atoms with Gasteiger partial charge in [-0.1, -0.05) is 82.3 Å². The molecule has 5 aromatic carbocycles. The van der Waals surface area contributed by atoms with E-state index in [4.69, 9.17) is 18.9 Å². The molecule has 2 aliphatic carbocycles. The maximum absolute atomic E-state index is 15.2. The number of methoxy groups -OCH3 is 2. The number of halogens is 1. The molecule has 2 aliphatic heterocycles. The maximum atomic E-state index is 15.2. The second kappa shape index (κ2) is 11.3. The quantitative estimate of drug-likeness (QED) is 0.175. The second-order valence-corrected chi connectivity index (χ2v) is 16.8. The van der Waals surface area contributed by atoms with Gasteiger partial charge < -0.3 is 23.8 Å². The molecule has 0 N–H and O–H groups in total. The third-order valence-corrected chi connectivity index (χ3v) is 12.0. The molecule has 0 bridgehead atoms. The molecular weight excluding hydrogens is 650 g/mol. The highest BCUT2D eigenvalue weighted by Crippen LogP contribution is 2.67. The lowest BCUT2D eigenvalue weighted by atomic mass is 9.52. The molecule has 1 saturated carbocycles. The van der Waals surface area contributed by atoms with Crippen molar-refractivity contribution in [1.82, 2.24) is 0 Å². The molecule has 9 rings (SSSR count). The van der Waals surface area contributed by atoms with Crippen molar-refractivity contribution in [2.75, 3.05) is 32.8 Å². The molecule has 1 spiro atoms. The van der Waals surface area contributed by atoms with Crippen molar-refractivity contribution in [3.05, 3.63) is 119 Å². The number of ether oxygens (including phenoxy) is 4. The zero-order valence-electron chi connectivity index (χ0n) is 31.1. The highest BCUT2D eigenvalue weighted by Gasteiger charge is 2.55. The summed E-state index contributed by atoms with van der Waals surface area (Å²) in [5.74, 6) is 3.02. The van der Waals surface area contributed by atoms with Gasteiger partial charge in [0.15, 0.2) is 5.60 Å². The van der Waals surface area contributed by atoms with Crippen LogP contribution in [0.25, 0.3) is 28.0 Å². The first kappa shape index (κ1) is 32.9. The first-order chi connectivity index (χ1) is 24.9. The number of hydrogen-bond acceptors (Lipinski definition) is 5. The largest absolute Gasteiger partial charge is 0.497 e. The van der Waals surface area contributed by atoms with E-state index in [1.54, 1.807) is 19.1 Å². The number of alkyl halides is 1. The lowest BCUT2D eigenvalue weighted by Crippen LogP contribution is -2.44. The van der Waals surface area contributed by atoms with E-state index in [9.17, 15) is 0 Å². The fraction of sp³-hybridized carbons (Fsp3) is 0.348. The van der Waals surface area contributed by atoms with Crippen molar-refractivity contribution in [3.63, 3.8) is 0 Å². The molecule has 4 aliphatic rings. The normalized spacial score (nSPS) is 21.0. The van der Waals surface area contributed by atoms with Crippen LogP contribution in [0.15, 0.2) is 91.0 Å². The Morgan fingerprint density at radius 1 is 0.769 bits per heavy atom. The fourth-order valence-corrected chi connectivity index (χ4v) is 10.6. The van der Waals surface area contributed by atoms with Gasteiger partial charge in [-0.2, -0.15) is 0 Å². The summed E-state index contributed by atoms with van der Waals surface area (Å²) in [4.78, 5) is 1.70. The van der Waals surface area contributed by atoms with Gasteiger partial charge in [-0.25, -0.2) is 4.39 Å². The number of fused-ring (bicyclic) bond motifs is 11. The molecular formula is C46H46FNO4. The van der Waals surface area contributed by atoms with Gasteiger partial charge in [0.1, 0.15) is 29.6 Å². The van der Waals surface area contributed by atoms with Gasteiger partial charge in [0, 0.05) is 34.5 Å². The van der Waals surface area contributed by atoms with E-state index in [-0.39, 0.29) is 22.9 Å². The topological polar surface area (TPSA) is 40.2 Å². The van der Waals surface area contributed by atoms with Gasteiger partial charge in [0.25, 0.3) is 0 Å². The fourth-order valence-electron chi connectivity index (χ4n) is 10.6. The van der Waals surface area contributed by atoms with Gasteiger partial charge in [0.05, 0.1) is 19.9 Å². The van der Waals surface area contributed by atoms with Crippen LogP contribution in [0.3, 0.4) is 0 Å². The van der Waals surface area contributed by atoms with Crippen molar-refractivity contribution >= 4 is 22.5 Å². The number of likely N-dealkylation sites (N-methyl/N-ethyl adjacent to an activating group) is 1. The summed E-state index contributed by atoms with van der Waals surface area (Å²) in [6, 6.07) is 29.5. The van der Waals surface area contributed by atoms with Crippen LogP contribution in [0.4, 0.5) is 10.1 Å². The molecule has 52 heavy (non-hydrogen) atoms. The lowest BCUT2D eigenvalue weighted by molar-refractivity contribution is 0.0642. The van der Waals surface area contributed by atoms with E-state index < -0.39 is 11.9 Å². The smallest absolute Gasteiger partial charge is 0.206 e. The van der Waals surface area contributed by atoms with E-state index in [0.717, 1.165) is 69.7 Å². The summed E-state index contributed by atoms with van der Waals surface area (Å²) in [5, 5.41) is 2.01. The molecule has 1 atom stereocenters. The molecule has 0 saturated heterocycles. The van der Waals surface area contributed by atoms with Crippen molar-refractivity contribution < 1.29 is 23.3 Å². The predicted molar refractivity (Wildman–Crippen MR) is 207 cm³/mol. The summed E-state index contributed by atoms with van der Waals surface area (Å²) >= 11 is 0. The molecule has 2 heterocycles. The van der Waals surface area contributed by atoms with E-state index in [2.05, 4.69) is 101 Å². The Kier molecular flexibility index (Phi) is 7.13. The summed E-state index contributed by atoms with van der Waals surface area (Å²) < 4.78 is 40.1. The van der Waals surface area contributed by atoms with E-state index >= 15 is 4.39 Å². The van der Waals surface area contributed by atoms with Crippen LogP contribution in [-0.4, -0.2) is 34.2 Å². The Bertz CT molecular complexity index is 2210. The standard InChI is InChI=1S/C46H46FNO4/c1-43(2)25-44(3,4)27-45(26-43)36-11-9-8-10-32(36)40-34-22-37-38(51-24-39(47)48(37)5)23-35(34)42-33(41(40)45)20-21-46(52-42,28-12-16-30(49-6)17-13-28)29-14-18-31(50-7)19-15-29/h8-23,39H,24-27H2,1-7H3. The Labute approximate surface area is 306 Å². The van der Waals surface area contributed by atoms with Gasteiger partial charge in [0.2, 0.25) is 6.30 Å². The number of rotatable bonds is 4. The van der Waals surface area contributed by atoms with Crippen molar-refractivity contribution in [3.8, 4) is 34.1 Å². The third-order valence-electron chi connectivity index (χ3n) is 12.0. The third kappa shape index (κ3) is 4.72. The average Bonchev–Trinajstić information content (AvgIpc) is 3.39. The lowest BCUT2D eigenvalue weighted by Gasteiger charge is -2.52. The van der Waals surface area contributed by atoms with Crippen LogP contribution in [-0.2, 0) is 11.0 Å². The number of nitrogens with zero attached hydrogens (tertiary/aromatic N) is 1. The zero-order chi connectivity index (χ0) is 36.2. The monoisotopic (exact) mass is 695 g/mol. The molecule has 5 aromatic rings. The minimum Gasteiger partial charge on any atom is -0.497 e. The Morgan fingerprint density at radius 2 is 1.38 bits per heavy atom. The van der Waals surface area contributed by atoms with Crippen molar-refractivity contribution in [1.29, 1.82) is 0 Å². The molecule has 1 fully saturated rings. The minimum absolute atomic E-state index is 0.0271. The SMILES string of the molecule is COc1ccc(C2(c3ccc(OC)cc3)C=Cc3c4c(c5cc6c(cc5c3O2)OCC(F)N6C)-c2ccccc2C42CC(C)(C)CC(C)(C)C2)cc1. The van der Waals surface area contributed by atoms with Crippen molar-refractivity contribution in [2.45, 2.75) is 64.3 Å². The van der Waals surface area contributed by atoms with Gasteiger partial charge in [-0.3, -0.25) is 0 Å². The number of benzene rings is 5. The number of hydrogen-bond donors (Lipinski definition) is 0. The van der Waals surface area contributed by atoms with Crippen LogP contribution < -0.4 is 23.8 Å². The first-order valence-electron chi connectivity index (χ1n) is 18.3. The van der Waals surface area contributed by atoms with Crippen molar-refractivity contribution in [2.24, 2.45) is 10.8 Å². The predicted octanol–water partition coefficient (Wildman–Crippen LogP) is 10.8. The zero-order valence-corrected chi connectivity index (χ0v) is 31.1. The molecule has 0 amide bonds. The Hall–Kier alpha value is -4.97. The highest BCUT2D eigenvalue weighted by atomic mass is 19.1. The maximum Gasteiger partial charge on any atom is 0.206 e. The summed E-state index contributed by atoms with van der Waals surface area (Å²) in [6.07, 6.45) is 6.50. The van der Waals surface area contributed by atoms with E-state index in [0.29, 0.717) is 5.75 Å². The molecule has 0 radical (unpaired) electrons. The summed E-state index contributed by atoms with van der Waals surface area (Å²) in [5.41, 5.74) is 7.97. The molecule has 0 aromatic heterocycles. The van der Waals surface area contributed by atoms with Crippen LogP contribution in [0, 0.1) is 10.8 Å². The Balaban J connectivity index is 1.39. The molecule has 1 unspecified atom stereocenters. The van der Waals surface area contributed by atoms with Gasteiger partial charge in [-0.05, 0) is 100 Å². The highest BCUT2D eigenvalue weighted by molar-refractivity contribution is 6.10. The van der Waals surface area contributed by atoms with E-state index in [1.807, 2.05) is 31.3 Å². The first-order valence-corrected chi connectivity index (χ1v) is 18.3. The van der Waals surface area contributed by atoms with Crippen LogP contribution in [0.2, 0.25) is 0 Å².